The zero-order valence-electron chi connectivity index (χ0n) is 8.66. The van der Waals surface area contributed by atoms with E-state index in [1.54, 1.807) is 0 Å². The molecule has 0 atom stereocenters. The van der Waals surface area contributed by atoms with Gasteiger partial charge in [-0.2, -0.15) is 0 Å². The second-order valence-electron chi connectivity index (χ2n) is 2.89. The van der Waals surface area contributed by atoms with Gasteiger partial charge in [-0.15, -0.1) is 0 Å². The maximum absolute atomic E-state index is 11.1. The SMILES string of the molecule is C=CCOC(=O)C(=C)CC=C(C)C(=O)O. The molecule has 0 rings (SSSR count). The standard InChI is InChI=1S/C11H14O4/c1-4-7-15-11(14)9(3)6-5-8(2)10(12)13/h4-5H,1,3,6-7H2,2H3,(H,12,13). The van der Waals surface area contributed by atoms with Gasteiger partial charge in [0.05, 0.1) is 0 Å². The molecule has 1 N–H and O–H groups in total. The number of carbonyl (C=O) groups excluding carboxylic acids is 1. The summed E-state index contributed by atoms with van der Waals surface area (Å²) in [6, 6.07) is 0. The van der Waals surface area contributed by atoms with Gasteiger partial charge in [-0.1, -0.05) is 25.3 Å². The Balaban J connectivity index is 4.14. The van der Waals surface area contributed by atoms with E-state index in [1.165, 1.54) is 19.1 Å². The number of carbonyl (C=O) groups is 2. The van der Waals surface area contributed by atoms with Crippen LogP contribution in [0.2, 0.25) is 0 Å². The molecule has 0 aromatic heterocycles. The minimum Gasteiger partial charge on any atom is -0.478 e. The lowest BCUT2D eigenvalue weighted by molar-refractivity contribution is -0.138. The van der Waals surface area contributed by atoms with Gasteiger partial charge in [-0.3, -0.25) is 0 Å². The van der Waals surface area contributed by atoms with Crippen molar-refractivity contribution in [2.45, 2.75) is 13.3 Å². The van der Waals surface area contributed by atoms with E-state index in [4.69, 9.17) is 9.84 Å². The van der Waals surface area contributed by atoms with Crippen LogP contribution in [0.1, 0.15) is 13.3 Å². The molecular weight excluding hydrogens is 196 g/mol. The smallest absolute Gasteiger partial charge is 0.334 e. The number of carboxylic acids is 1. The monoisotopic (exact) mass is 210 g/mol. The summed E-state index contributed by atoms with van der Waals surface area (Å²) in [6.07, 6.45) is 3.04. The van der Waals surface area contributed by atoms with Crippen LogP contribution >= 0.6 is 0 Å². The number of aliphatic carboxylic acids is 1. The zero-order valence-corrected chi connectivity index (χ0v) is 8.66. The van der Waals surface area contributed by atoms with E-state index >= 15 is 0 Å². The van der Waals surface area contributed by atoms with Crippen LogP contribution in [0, 0.1) is 0 Å². The van der Waals surface area contributed by atoms with Crippen molar-refractivity contribution in [3.8, 4) is 0 Å². The van der Waals surface area contributed by atoms with Crippen LogP contribution in [0.5, 0.6) is 0 Å². The first-order chi connectivity index (χ1) is 6.99. The lowest BCUT2D eigenvalue weighted by Crippen LogP contribution is -2.07. The summed E-state index contributed by atoms with van der Waals surface area (Å²) in [5.41, 5.74) is 0.394. The van der Waals surface area contributed by atoms with Crippen LogP contribution in [-0.4, -0.2) is 23.7 Å². The molecule has 0 amide bonds. The maximum atomic E-state index is 11.1. The average molecular weight is 210 g/mol. The molecule has 0 aliphatic rings. The van der Waals surface area contributed by atoms with Crippen LogP contribution < -0.4 is 0 Å². The highest BCUT2D eigenvalue weighted by Crippen LogP contribution is 2.05. The molecule has 0 saturated carbocycles. The molecule has 0 aromatic carbocycles. The molecule has 0 heterocycles. The quantitative estimate of drug-likeness (QED) is 0.411. The van der Waals surface area contributed by atoms with Crippen LogP contribution in [0.15, 0.2) is 36.5 Å². The van der Waals surface area contributed by atoms with E-state index in [0.717, 1.165) is 0 Å². The van der Waals surface area contributed by atoms with Crippen molar-refractivity contribution in [2.75, 3.05) is 6.61 Å². The minimum absolute atomic E-state index is 0.124. The van der Waals surface area contributed by atoms with E-state index in [-0.39, 0.29) is 24.2 Å². The second kappa shape index (κ2) is 6.59. The molecule has 0 aliphatic carbocycles. The Hall–Kier alpha value is -1.84. The number of rotatable bonds is 6. The molecule has 0 saturated heterocycles. The van der Waals surface area contributed by atoms with E-state index in [1.807, 2.05) is 0 Å². The second-order valence-corrected chi connectivity index (χ2v) is 2.89. The Bertz CT molecular complexity index is 313. The molecule has 4 nitrogen and oxygen atoms in total. The van der Waals surface area contributed by atoms with Gasteiger partial charge in [0, 0.05) is 11.1 Å². The van der Waals surface area contributed by atoms with Crippen LogP contribution in [-0.2, 0) is 14.3 Å². The molecule has 0 radical (unpaired) electrons. The van der Waals surface area contributed by atoms with Crippen molar-refractivity contribution >= 4 is 11.9 Å². The number of allylic oxidation sites excluding steroid dienone is 1. The fourth-order valence-electron chi connectivity index (χ4n) is 0.684. The lowest BCUT2D eigenvalue weighted by Gasteiger charge is -2.02. The molecule has 0 aromatic rings. The average Bonchev–Trinajstić information content (AvgIpc) is 2.21. The first kappa shape index (κ1) is 13.2. The predicted molar refractivity (Wildman–Crippen MR) is 56.3 cm³/mol. The first-order valence-electron chi connectivity index (χ1n) is 4.35. The van der Waals surface area contributed by atoms with Crippen LogP contribution in [0.3, 0.4) is 0 Å². The molecule has 0 bridgehead atoms. The van der Waals surface area contributed by atoms with Gasteiger partial charge in [-0.25, -0.2) is 9.59 Å². The van der Waals surface area contributed by atoms with Gasteiger partial charge < -0.3 is 9.84 Å². The van der Waals surface area contributed by atoms with Crippen molar-refractivity contribution < 1.29 is 19.4 Å². The lowest BCUT2D eigenvalue weighted by atomic mass is 10.1. The molecule has 82 valence electrons. The maximum Gasteiger partial charge on any atom is 0.334 e. The summed E-state index contributed by atoms with van der Waals surface area (Å²) in [6.45, 7) is 8.46. The summed E-state index contributed by atoms with van der Waals surface area (Å²) in [5, 5.41) is 8.55. The van der Waals surface area contributed by atoms with Crippen molar-refractivity contribution in [1.29, 1.82) is 0 Å². The Morgan fingerprint density at radius 3 is 2.53 bits per heavy atom. The number of hydrogen-bond acceptors (Lipinski definition) is 3. The van der Waals surface area contributed by atoms with E-state index in [9.17, 15) is 9.59 Å². The molecular formula is C11H14O4. The van der Waals surface area contributed by atoms with Gasteiger partial charge >= 0.3 is 11.9 Å². The fraction of sp³-hybridized carbons (Fsp3) is 0.273. The van der Waals surface area contributed by atoms with Crippen LogP contribution in [0.25, 0.3) is 0 Å². The third-order valence-corrected chi connectivity index (χ3v) is 1.61. The number of ether oxygens (including phenoxy) is 1. The summed E-state index contributed by atoms with van der Waals surface area (Å²) in [4.78, 5) is 21.6. The molecule has 15 heavy (non-hydrogen) atoms. The van der Waals surface area contributed by atoms with Crippen molar-refractivity contribution in [1.82, 2.24) is 0 Å². The number of esters is 1. The normalized spacial score (nSPS) is 10.6. The number of carboxylic acid groups (broad SMARTS) is 1. The Kier molecular flexibility index (Phi) is 5.78. The van der Waals surface area contributed by atoms with Crippen LogP contribution in [0.4, 0.5) is 0 Å². The Labute approximate surface area is 88.6 Å². The zero-order chi connectivity index (χ0) is 11.8. The highest BCUT2D eigenvalue weighted by molar-refractivity contribution is 5.89. The first-order valence-corrected chi connectivity index (χ1v) is 4.35. The fourth-order valence-corrected chi connectivity index (χ4v) is 0.684. The molecule has 0 fully saturated rings. The third-order valence-electron chi connectivity index (χ3n) is 1.61. The van der Waals surface area contributed by atoms with Gasteiger partial charge in [-0.05, 0) is 13.3 Å². The third kappa shape index (κ3) is 5.46. The minimum atomic E-state index is -1.01. The van der Waals surface area contributed by atoms with E-state index < -0.39 is 11.9 Å². The molecule has 0 aliphatic heterocycles. The highest BCUT2D eigenvalue weighted by Gasteiger charge is 2.07. The predicted octanol–water partition coefficient (Wildman–Crippen LogP) is 1.69. The van der Waals surface area contributed by atoms with E-state index in [0.29, 0.717) is 0 Å². The summed E-state index contributed by atoms with van der Waals surface area (Å²) >= 11 is 0. The van der Waals surface area contributed by atoms with Gasteiger partial charge in [0.2, 0.25) is 0 Å². The van der Waals surface area contributed by atoms with E-state index in [2.05, 4.69) is 13.2 Å². The molecule has 0 unspecified atom stereocenters. The van der Waals surface area contributed by atoms with Crippen molar-refractivity contribution in [3.05, 3.63) is 36.5 Å². The summed E-state index contributed by atoms with van der Waals surface area (Å²) < 4.78 is 4.71. The van der Waals surface area contributed by atoms with Crippen molar-refractivity contribution in [2.24, 2.45) is 0 Å². The highest BCUT2D eigenvalue weighted by atomic mass is 16.5. The molecule has 4 heteroatoms. The number of hydrogen-bond donors (Lipinski definition) is 1. The Morgan fingerprint density at radius 2 is 2.07 bits per heavy atom. The molecule has 0 spiro atoms. The summed E-state index contributed by atoms with van der Waals surface area (Å²) in [5.74, 6) is -1.55. The Morgan fingerprint density at radius 1 is 1.47 bits per heavy atom. The topological polar surface area (TPSA) is 63.6 Å². The van der Waals surface area contributed by atoms with Gasteiger partial charge in [0.25, 0.3) is 0 Å². The van der Waals surface area contributed by atoms with Gasteiger partial charge in [0.15, 0.2) is 0 Å². The van der Waals surface area contributed by atoms with Gasteiger partial charge in [0.1, 0.15) is 6.61 Å². The largest absolute Gasteiger partial charge is 0.478 e. The van der Waals surface area contributed by atoms with Crippen molar-refractivity contribution in [3.63, 3.8) is 0 Å². The summed E-state index contributed by atoms with van der Waals surface area (Å²) in [7, 11) is 0.